The largest absolute Gasteiger partial charge is 0.325 e. The molecule has 3 aromatic rings. The van der Waals surface area contributed by atoms with E-state index in [1.54, 1.807) is 41.8 Å². The van der Waals surface area contributed by atoms with Gasteiger partial charge in [-0.1, -0.05) is 30.0 Å². The number of fused-ring (bicyclic) bond motifs is 1. The SMILES string of the molecule is CC(C)n1c(S[C@H](C)C(=O)Nc2cccc([N+](=O)[O-])c2)nc2ccccc2c1=O. The van der Waals surface area contributed by atoms with E-state index in [0.29, 0.717) is 21.7 Å². The number of benzene rings is 2. The van der Waals surface area contributed by atoms with Crippen molar-refractivity contribution in [1.29, 1.82) is 0 Å². The van der Waals surface area contributed by atoms with E-state index >= 15 is 0 Å². The molecule has 0 fully saturated rings. The van der Waals surface area contributed by atoms with Gasteiger partial charge in [-0.15, -0.1) is 0 Å². The van der Waals surface area contributed by atoms with Crippen LogP contribution in [0, 0.1) is 10.1 Å². The lowest BCUT2D eigenvalue weighted by Crippen LogP contribution is -2.28. The summed E-state index contributed by atoms with van der Waals surface area (Å²) in [7, 11) is 0. The van der Waals surface area contributed by atoms with Crippen molar-refractivity contribution in [3.63, 3.8) is 0 Å². The van der Waals surface area contributed by atoms with Crippen LogP contribution in [0.2, 0.25) is 0 Å². The van der Waals surface area contributed by atoms with Gasteiger partial charge in [-0.3, -0.25) is 24.3 Å². The highest BCUT2D eigenvalue weighted by Gasteiger charge is 2.21. The number of aromatic nitrogens is 2. The predicted molar refractivity (Wildman–Crippen MR) is 113 cm³/mol. The number of nitrogens with one attached hydrogen (secondary N) is 1. The van der Waals surface area contributed by atoms with Gasteiger partial charge in [0.05, 0.1) is 21.1 Å². The fourth-order valence-electron chi connectivity index (χ4n) is 2.82. The quantitative estimate of drug-likeness (QED) is 0.284. The van der Waals surface area contributed by atoms with E-state index in [1.807, 2.05) is 13.8 Å². The van der Waals surface area contributed by atoms with E-state index in [2.05, 4.69) is 10.3 Å². The van der Waals surface area contributed by atoms with Crippen LogP contribution in [0.1, 0.15) is 26.8 Å². The van der Waals surface area contributed by atoms with Gasteiger partial charge in [0.25, 0.3) is 11.2 Å². The van der Waals surface area contributed by atoms with Gasteiger partial charge in [0.1, 0.15) is 0 Å². The topological polar surface area (TPSA) is 107 Å². The maximum Gasteiger partial charge on any atom is 0.271 e. The zero-order chi connectivity index (χ0) is 21.1. The molecule has 0 bridgehead atoms. The molecule has 0 unspecified atom stereocenters. The average molecular weight is 412 g/mol. The van der Waals surface area contributed by atoms with Crippen LogP contribution in [0.25, 0.3) is 10.9 Å². The minimum atomic E-state index is -0.577. The molecule has 1 heterocycles. The van der Waals surface area contributed by atoms with Crippen molar-refractivity contribution in [2.75, 3.05) is 5.32 Å². The zero-order valence-corrected chi connectivity index (χ0v) is 17.0. The molecule has 0 aliphatic rings. The fraction of sp³-hybridized carbons (Fsp3) is 0.250. The number of rotatable bonds is 6. The smallest absolute Gasteiger partial charge is 0.271 e. The highest BCUT2D eigenvalue weighted by atomic mass is 32.2. The van der Waals surface area contributed by atoms with Gasteiger partial charge in [-0.2, -0.15) is 0 Å². The number of hydrogen-bond donors (Lipinski definition) is 1. The average Bonchev–Trinajstić information content (AvgIpc) is 2.68. The molecule has 1 amide bonds. The molecule has 1 aromatic heterocycles. The Balaban J connectivity index is 1.87. The summed E-state index contributed by atoms with van der Waals surface area (Å²) in [4.78, 5) is 40.5. The second-order valence-electron chi connectivity index (χ2n) is 6.74. The first-order valence-corrected chi connectivity index (χ1v) is 9.89. The van der Waals surface area contributed by atoms with Crippen LogP contribution >= 0.6 is 11.8 Å². The number of anilines is 1. The first kappa shape index (κ1) is 20.5. The Labute approximate surface area is 171 Å². The summed E-state index contributed by atoms with van der Waals surface area (Å²) < 4.78 is 1.57. The molecule has 3 rings (SSSR count). The summed E-state index contributed by atoms with van der Waals surface area (Å²) in [6, 6.07) is 12.7. The summed E-state index contributed by atoms with van der Waals surface area (Å²) in [6.45, 7) is 5.47. The Morgan fingerprint density at radius 2 is 1.90 bits per heavy atom. The Hall–Kier alpha value is -3.20. The van der Waals surface area contributed by atoms with Crippen LogP contribution in [0.3, 0.4) is 0 Å². The molecule has 150 valence electrons. The summed E-state index contributed by atoms with van der Waals surface area (Å²) in [6.07, 6.45) is 0. The summed E-state index contributed by atoms with van der Waals surface area (Å²) in [5.41, 5.74) is 0.653. The maximum absolute atomic E-state index is 12.9. The van der Waals surface area contributed by atoms with Gasteiger partial charge >= 0.3 is 0 Å². The molecule has 1 N–H and O–H groups in total. The first-order chi connectivity index (χ1) is 13.8. The van der Waals surface area contributed by atoms with Crippen molar-refractivity contribution < 1.29 is 9.72 Å². The number of hydrogen-bond acceptors (Lipinski definition) is 6. The molecule has 0 radical (unpaired) electrons. The number of para-hydroxylation sites is 1. The summed E-state index contributed by atoms with van der Waals surface area (Å²) >= 11 is 1.17. The van der Waals surface area contributed by atoms with Crippen molar-refractivity contribution in [1.82, 2.24) is 9.55 Å². The summed E-state index contributed by atoms with van der Waals surface area (Å²) in [5, 5.41) is 14.0. The lowest BCUT2D eigenvalue weighted by atomic mass is 10.2. The molecular weight excluding hydrogens is 392 g/mol. The monoisotopic (exact) mass is 412 g/mol. The molecule has 2 aromatic carbocycles. The van der Waals surface area contributed by atoms with Crippen LogP contribution < -0.4 is 10.9 Å². The van der Waals surface area contributed by atoms with Crippen molar-refractivity contribution in [3.8, 4) is 0 Å². The van der Waals surface area contributed by atoms with Crippen LogP contribution in [-0.2, 0) is 4.79 Å². The predicted octanol–water partition coefficient (Wildman–Crippen LogP) is 4.00. The maximum atomic E-state index is 12.9. The standard InChI is InChI=1S/C20H20N4O4S/c1-12(2)23-19(26)16-9-4-5-10-17(16)22-20(23)29-13(3)18(25)21-14-7-6-8-15(11-14)24(27)28/h4-13H,1-3H3,(H,21,25)/t13-/m1/s1. The minimum Gasteiger partial charge on any atom is -0.325 e. The lowest BCUT2D eigenvalue weighted by Gasteiger charge is -2.18. The Morgan fingerprint density at radius 1 is 1.17 bits per heavy atom. The normalized spacial score (nSPS) is 12.1. The van der Waals surface area contributed by atoms with Crippen molar-refractivity contribution in [2.24, 2.45) is 0 Å². The van der Waals surface area contributed by atoms with Crippen molar-refractivity contribution in [2.45, 2.75) is 37.2 Å². The van der Waals surface area contributed by atoms with Crippen LogP contribution in [-0.4, -0.2) is 25.6 Å². The molecule has 1 atom stereocenters. The number of thioether (sulfide) groups is 1. The fourth-order valence-corrected chi connectivity index (χ4v) is 3.86. The molecule has 0 spiro atoms. The molecule has 0 saturated heterocycles. The Kier molecular flexibility index (Phi) is 5.97. The van der Waals surface area contributed by atoms with Gasteiger partial charge < -0.3 is 5.32 Å². The van der Waals surface area contributed by atoms with Gasteiger partial charge in [-0.25, -0.2) is 4.98 Å². The molecule has 9 heteroatoms. The first-order valence-electron chi connectivity index (χ1n) is 9.01. The van der Waals surface area contributed by atoms with Gasteiger partial charge in [0, 0.05) is 23.9 Å². The van der Waals surface area contributed by atoms with Crippen LogP contribution in [0.15, 0.2) is 58.5 Å². The van der Waals surface area contributed by atoms with E-state index in [-0.39, 0.29) is 23.2 Å². The third-order valence-electron chi connectivity index (χ3n) is 4.27. The van der Waals surface area contributed by atoms with Crippen molar-refractivity contribution in [3.05, 3.63) is 69.0 Å². The Bertz CT molecular complexity index is 1140. The lowest BCUT2D eigenvalue weighted by molar-refractivity contribution is -0.384. The molecule has 0 aliphatic carbocycles. The van der Waals surface area contributed by atoms with Crippen molar-refractivity contribution >= 4 is 39.9 Å². The number of nitrogens with zero attached hydrogens (tertiary/aromatic N) is 3. The van der Waals surface area contributed by atoms with Crippen LogP contribution in [0.4, 0.5) is 11.4 Å². The molecule has 0 aliphatic heterocycles. The zero-order valence-electron chi connectivity index (χ0n) is 16.2. The molecule has 8 nitrogen and oxygen atoms in total. The van der Waals surface area contributed by atoms with Crippen LogP contribution in [0.5, 0.6) is 0 Å². The minimum absolute atomic E-state index is 0.104. The van der Waals surface area contributed by atoms with E-state index in [9.17, 15) is 19.7 Å². The number of non-ortho nitro benzene ring substituents is 1. The second kappa shape index (κ2) is 8.44. The molecule has 0 saturated carbocycles. The highest BCUT2D eigenvalue weighted by Crippen LogP contribution is 2.26. The third-order valence-corrected chi connectivity index (χ3v) is 5.33. The number of carbonyl (C=O) groups excluding carboxylic acids is 1. The van der Waals surface area contributed by atoms with Gasteiger partial charge in [0.15, 0.2) is 5.16 Å². The Morgan fingerprint density at radius 3 is 2.59 bits per heavy atom. The van der Waals surface area contributed by atoms with Gasteiger partial charge in [-0.05, 0) is 39.0 Å². The number of amides is 1. The van der Waals surface area contributed by atoms with Gasteiger partial charge in [0.2, 0.25) is 5.91 Å². The van der Waals surface area contributed by atoms with E-state index < -0.39 is 10.2 Å². The number of nitro groups is 1. The highest BCUT2D eigenvalue weighted by molar-refractivity contribution is 8.00. The second-order valence-corrected chi connectivity index (χ2v) is 8.05. The third kappa shape index (κ3) is 4.45. The van der Waals surface area contributed by atoms with E-state index in [4.69, 9.17) is 0 Å². The molecule has 29 heavy (non-hydrogen) atoms. The molecular formula is C20H20N4O4S. The number of nitro benzene ring substituents is 1. The number of carbonyl (C=O) groups is 1. The van der Waals surface area contributed by atoms with E-state index in [0.717, 1.165) is 0 Å². The summed E-state index contributed by atoms with van der Waals surface area (Å²) in [5.74, 6) is -0.340. The van der Waals surface area contributed by atoms with E-state index in [1.165, 1.54) is 30.0 Å².